The largest absolute Gasteiger partial charge is 0.467 e. The second-order valence-corrected chi connectivity index (χ2v) is 6.76. The van der Waals surface area contributed by atoms with Crippen molar-refractivity contribution in [3.63, 3.8) is 0 Å². The fourth-order valence-electron chi connectivity index (χ4n) is 2.97. The molecule has 1 atom stereocenters. The minimum Gasteiger partial charge on any atom is -0.467 e. The van der Waals surface area contributed by atoms with E-state index in [1.54, 1.807) is 23.9 Å². The number of nitrogens with one attached hydrogen (secondary N) is 1. The first-order chi connectivity index (χ1) is 11.7. The molecule has 1 N–H and O–H groups in total. The lowest BCUT2D eigenvalue weighted by molar-refractivity contribution is -0.147. The first-order valence-corrected chi connectivity index (χ1v) is 8.49. The Balaban J connectivity index is 2.47. The number of fused-ring (bicyclic) bond motifs is 1. The molecule has 0 saturated heterocycles. The number of hydrogen-bond donors (Lipinski definition) is 1. The van der Waals surface area contributed by atoms with Gasteiger partial charge in [-0.2, -0.15) is 5.10 Å². The lowest BCUT2D eigenvalue weighted by Gasteiger charge is -2.27. The molecule has 0 spiro atoms. The Morgan fingerprint density at radius 1 is 1.40 bits per heavy atom. The standard InChI is InChI=1S/C18H26N4O3/c1-7-8-18(5,17(24)25-6)21-16(23)13-9-12(4)20-15-14(13)10-19-22(15)11(2)3/h9-11H,7-8H2,1-6H3,(H,21,23). The topological polar surface area (TPSA) is 86.1 Å². The van der Waals surface area contributed by atoms with Gasteiger partial charge in [-0.15, -0.1) is 0 Å². The molecule has 0 aliphatic rings. The Morgan fingerprint density at radius 3 is 2.64 bits per heavy atom. The molecule has 2 rings (SSSR count). The zero-order valence-electron chi connectivity index (χ0n) is 15.7. The summed E-state index contributed by atoms with van der Waals surface area (Å²) < 4.78 is 6.65. The molecule has 2 aromatic heterocycles. The van der Waals surface area contributed by atoms with E-state index in [9.17, 15) is 9.59 Å². The molecule has 1 amide bonds. The minimum absolute atomic E-state index is 0.128. The summed E-state index contributed by atoms with van der Waals surface area (Å²) >= 11 is 0. The van der Waals surface area contributed by atoms with E-state index in [1.165, 1.54) is 7.11 Å². The molecule has 7 heteroatoms. The number of carbonyl (C=O) groups excluding carboxylic acids is 2. The first-order valence-electron chi connectivity index (χ1n) is 8.49. The number of nitrogens with zero attached hydrogens (tertiary/aromatic N) is 3. The summed E-state index contributed by atoms with van der Waals surface area (Å²) in [5.74, 6) is -0.789. The average molecular weight is 346 g/mol. The van der Waals surface area contributed by atoms with Crippen molar-refractivity contribution < 1.29 is 14.3 Å². The maximum absolute atomic E-state index is 12.9. The van der Waals surface area contributed by atoms with E-state index in [1.807, 2.05) is 27.7 Å². The summed E-state index contributed by atoms with van der Waals surface area (Å²) in [6.45, 7) is 9.48. The monoisotopic (exact) mass is 346 g/mol. The number of amides is 1. The highest BCUT2D eigenvalue weighted by atomic mass is 16.5. The van der Waals surface area contributed by atoms with Crippen molar-refractivity contribution in [2.24, 2.45) is 0 Å². The van der Waals surface area contributed by atoms with Crippen LogP contribution in [0.4, 0.5) is 0 Å². The molecule has 7 nitrogen and oxygen atoms in total. The van der Waals surface area contributed by atoms with E-state index >= 15 is 0 Å². The van der Waals surface area contributed by atoms with E-state index in [0.29, 0.717) is 23.0 Å². The van der Waals surface area contributed by atoms with Gasteiger partial charge < -0.3 is 10.1 Å². The lowest BCUT2D eigenvalue weighted by Crippen LogP contribution is -2.52. The van der Waals surface area contributed by atoms with E-state index in [-0.39, 0.29) is 11.9 Å². The quantitative estimate of drug-likeness (QED) is 0.813. The number of ether oxygens (including phenoxy) is 1. The summed E-state index contributed by atoms with van der Waals surface area (Å²) in [6.07, 6.45) is 2.87. The van der Waals surface area contributed by atoms with Crippen LogP contribution in [0.3, 0.4) is 0 Å². The van der Waals surface area contributed by atoms with E-state index in [0.717, 1.165) is 12.1 Å². The molecule has 2 heterocycles. The summed E-state index contributed by atoms with van der Waals surface area (Å²) in [5.41, 5.74) is 0.768. The summed E-state index contributed by atoms with van der Waals surface area (Å²) in [7, 11) is 1.32. The normalized spacial score (nSPS) is 13.7. The SMILES string of the molecule is CCCC(C)(NC(=O)c1cc(C)nc2c1cnn2C(C)C)C(=O)OC. The van der Waals surface area contributed by atoms with Crippen LogP contribution in [0.15, 0.2) is 12.3 Å². The van der Waals surface area contributed by atoms with Crippen LogP contribution in [0, 0.1) is 6.92 Å². The fraction of sp³-hybridized carbons (Fsp3) is 0.556. The van der Waals surface area contributed by atoms with Crippen LogP contribution in [0.5, 0.6) is 0 Å². The van der Waals surface area contributed by atoms with Crippen LogP contribution in [0.1, 0.15) is 62.6 Å². The van der Waals surface area contributed by atoms with Gasteiger partial charge in [-0.25, -0.2) is 14.5 Å². The predicted molar refractivity (Wildman–Crippen MR) is 95.4 cm³/mol. The van der Waals surface area contributed by atoms with Crippen LogP contribution in [0.25, 0.3) is 11.0 Å². The van der Waals surface area contributed by atoms with E-state index < -0.39 is 11.5 Å². The number of methoxy groups -OCH3 is 1. The predicted octanol–water partition coefficient (Wildman–Crippen LogP) is 2.78. The lowest BCUT2D eigenvalue weighted by atomic mass is 9.95. The Morgan fingerprint density at radius 2 is 2.08 bits per heavy atom. The third-order valence-corrected chi connectivity index (χ3v) is 4.20. The van der Waals surface area contributed by atoms with Crippen LogP contribution in [-0.2, 0) is 9.53 Å². The molecular formula is C18H26N4O3. The van der Waals surface area contributed by atoms with Crippen molar-refractivity contribution >= 4 is 22.9 Å². The highest BCUT2D eigenvalue weighted by Crippen LogP contribution is 2.22. The maximum atomic E-state index is 12.9. The van der Waals surface area contributed by atoms with Crippen LogP contribution < -0.4 is 5.32 Å². The Hall–Kier alpha value is -2.44. The number of hydrogen-bond acceptors (Lipinski definition) is 5. The van der Waals surface area contributed by atoms with Crippen molar-refractivity contribution in [1.82, 2.24) is 20.1 Å². The molecule has 0 bridgehead atoms. The second kappa shape index (κ2) is 7.21. The van der Waals surface area contributed by atoms with Gasteiger partial charge in [0, 0.05) is 11.7 Å². The zero-order chi connectivity index (χ0) is 18.8. The highest BCUT2D eigenvalue weighted by Gasteiger charge is 2.36. The molecule has 0 saturated carbocycles. The Labute approximate surface area is 147 Å². The fourth-order valence-corrected chi connectivity index (χ4v) is 2.97. The zero-order valence-corrected chi connectivity index (χ0v) is 15.7. The van der Waals surface area contributed by atoms with Crippen molar-refractivity contribution in [2.45, 2.75) is 59.0 Å². The molecule has 25 heavy (non-hydrogen) atoms. The third-order valence-electron chi connectivity index (χ3n) is 4.20. The molecule has 0 aliphatic carbocycles. The van der Waals surface area contributed by atoms with E-state index in [2.05, 4.69) is 15.4 Å². The van der Waals surface area contributed by atoms with E-state index in [4.69, 9.17) is 4.74 Å². The van der Waals surface area contributed by atoms with Crippen molar-refractivity contribution in [3.05, 3.63) is 23.5 Å². The number of carbonyl (C=O) groups is 2. The van der Waals surface area contributed by atoms with Gasteiger partial charge in [0.1, 0.15) is 5.54 Å². The molecule has 2 aromatic rings. The smallest absolute Gasteiger partial charge is 0.331 e. The molecule has 1 unspecified atom stereocenters. The van der Waals surface area contributed by atoms with Gasteiger partial charge in [-0.3, -0.25) is 4.79 Å². The first kappa shape index (κ1) is 18.9. The molecule has 0 fully saturated rings. The third kappa shape index (κ3) is 3.65. The molecule has 0 aromatic carbocycles. The van der Waals surface area contributed by atoms with Gasteiger partial charge in [0.05, 0.1) is 24.3 Å². The van der Waals surface area contributed by atoms with Gasteiger partial charge in [-0.05, 0) is 40.2 Å². The number of rotatable bonds is 6. The van der Waals surface area contributed by atoms with Crippen LogP contribution >= 0.6 is 0 Å². The summed E-state index contributed by atoms with van der Waals surface area (Å²) in [4.78, 5) is 29.6. The van der Waals surface area contributed by atoms with Gasteiger partial charge in [0.2, 0.25) is 0 Å². The highest BCUT2D eigenvalue weighted by molar-refractivity contribution is 6.07. The molecule has 0 radical (unpaired) electrons. The van der Waals surface area contributed by atoms with Crippen molar-refractivity contribution in [2.75, 3.05) is 7.11 Å². The van der Waals surface area contributed by atoms with Crippen molar-refractivity contribution in [1.29, 1.82) is 0 Å². The molecule has 0 aliphatic heterocycles. The number of aryl methyl sites for hydroxylation is 1. The number of esters is 1. The van der Waals surface area contributed by atoms with Gasteiger partial charge in [-0.1, -0.05) is 13.3 Å². The molecular weight excluding hydrogens is 320 g/mol. The Bertz CT molecular complexity index is 797. The minimum atomic E-state index is -1.07. The van der Waals surface area contributed by atoms with Crippen molar-refractivity contribution in [3.8, 4) is 0 Å². The molecule has 136 valence electrons. The summed E-state index contributed by atoms with van der Waals surface area (Å²) in [5, 5.41) is 7.85. The van der Waals surface area contributed by atoms with Crippen LogP contribution in [0.2, 0.25) is 0 Å². The summed E-state index contributed by atoms with van der Waals surface area (Å²) in [6, 6.07) is 1.84. The number of pyridine rings is 1. The van der Waals surface area contributed by atoms with Gasteiger partial charge in [0.15, 0.2) is 5.65 Å². The maximum Gasteiger partial charge on any atom is 0.331 e. The Kier molecular flexibility index (Phi) is 5.45. The number of aromatic nitrogens is 3. The average Bonchev–Trinajstić information content (AvgIpc) is 2.97. The van der Waals surface area contributed by atoms with Gasteiger partial charge in [0.25, 0.3) is 5.91 Å². The van der Waals surface area contributed by atoms with Gasteiger partial charge >= 0.3 is 5.97 Å². The second-order valence-electron chi connectivity index (χ2n) is 6.76. The van der Waals surface area contributed by atoms with Crippen LogP contribution in [-0.4, -0.2) is 39.3 Å².